The fourth-order valence-electron chi connectivity index (χ4n) is 5.06. The normalized spacial score (nSPS) is 31.3. The minimum Gasteiger partial charge on any atom is -0.375 e. The van der Waals surface area contributed by atoms with E-state index in [1.807, 2.05) is 32.1 Å². The van der Waals surface area contributed by atoms with Gasteiger partial charge < -0.3 is 24.6 Å². The first-order valence-electron chi connectivity index (χ1n) is 9.63. The Labute approximate surface area is 160 Å². The SMILES string of the molecule is COCC(=O)NC[C@H]1[C@H]2CN(c3ncc(C)c(N(C)C)n3)C[C@]23CC[C@H]1O3. The van der Waals surface area contributed by atoms with Crippen LogP contribution in [0, 0.1) is 18.8 Å². The van der Waals surface area contributed by atoms with Crippen LogP contribution < -0.4 is 15.1 Å². The number of nitrogens with zero attached hydrogens (tertiary/aromatic N) is 4. The fourth-order valence-corrected chi connectivity index (χ4v) is 5.06. The topological polar surface area (TPSA) is 79.8 Å². The van der Waals surface area contributed by atoms with Crippen molar-refractivity contribution in [3.63, 3.8) is 0 Å². The molecular formula is C19H29N5O3. The van der Waals surface area contributed by atoms with E-state index >= 15 is 0 Å². The van der Waals surface area contributed by atoms with Crippen molar-refractivity contribution in [2.75, 3.05) is 57.2 Å². The molecule has 0 aliphatic carbocycles. The number of hydrogen-bond donors (Lipinski definition) is 1. The summed E-state index contributed by atoms with van der Waals surface area (Å²) in [5.41, 5.74) is 0.950. The van der Waals surface area contributed by atoms with Crippen LogP contribution in [0.15, 0.2) is 6.20 Å². The molecule has 2 bridgehead atoms. The molecule has 8 heteroatoms. The Balaban J connectivity index is 1.50. The molecule has 1 aromatic rings. The van der Waals surface area contributed by atoms with Gasteiger partial charge in [-0.15, -0.1) is 0 Å². The Morgan fingerprint density at radius 2 is 2.33 bits per heavy atom. The molecule has 3 fully saturated rings. The number of hydrogen-bond acceptors (Lipinski definition) is 7. The highest BCUT2D eigenvalue weighted by Crippen LogP contribution is 2.55. The van der Waals surface area contributed by atoms with Crippen molar-refractivity contribution in [2.24, 2.45) is 11.8 Å². The van der Waals surface area contributed by atoms with E-state index in [9.17, 15) is 4.79 Å². The highest BCUT2D eigenvalue weighted by atomic mass is 16.5. The van der Waals surface area contributed by atoms with Crippen LogP contribution in [0.25, 0.3) is 0 Å². The van der Waals surface area contributed by atoms with Crippen molar-refractivity contribution in [2.45, 2.75) is 31.5 Å². The molecule has 0 radical (unpaired) electrons. The van der Waals surface area contributed by atoms with Crippen LogP contribution in [0.3, 0.4) is 0 Å². The molecule has 1 spiro atoms. The van der Waals surface area contributed by atoms with Crippen molar-refractivity contribution in [3.05, 3.63) is 11.8 Å². The Hall–Kier alpha value is -1.93. The number of nitrogens with one attached hydrogen (secondary N) is 1. The Kier molecular flexibility index (Phi) is 4.71. The molecule has 4 rings (SSSR count). The Morgan fingerprint density at radius 1 is 1.52 bits per heavy atom. The maximum absolute atomic E-state index is 11.8. The third kappa shape index (κ3) is 3.14. The number of carbonyl (C=O) groups excluding carboxylic acids is 1. The predicted octanol–water partition coefficient (Wildman–Crippen LogP) is 0.597. The number of aromatic nitrogens is 2. The van der Waals surface area contributed by atoms with Crippen LogP contribution in [0.4, 0.5) is 11.8 Å². The Bertz CT molecular complexity index is 727. The van der Waals surface area contributed by atoms with Crippen LogP contribution in [0.1, 0.15) is 18.4 Å². The average Bonchev–Trinajstić information content (AvgIpc) is 3.28. The van der Waals surface area contributed by atoms with Gasteiger partial charge in [-0.3, -0.25) is 4.79 Å². The number of carbonyl (C=O) groups is 1. The summed E-state index contributed by atoms with van der Waals surface area (Å²) in [6.45, 7) is 4.47. The fraction of sp³-hybridized carbons (Fsp3) is 0.737. The van der Waals surface area contributed by atoms with Gasteiger partial charge in [0.05, 0.1) is 18.2 Å². The van der Waals surface area contributed by atoms with Gasteiger partial charge in [0, 0.05) is 57.9 Å². The van der Waals surface area contributed by atoms with Gasteiger partial charge in [-0.05, 0) is 19.8 Å². The molecule has 27 heavy (non-hydrogen) atoms. The number of aryl methyl sites for hydroxylation is 1. The number of anilines is 2. The van der Waals surface area contributed by atoms with E-state index in [1.165, 1.54) is 7.11 Å². The highest BCUT2D eigenvalue weighted by Gasteiger charge is 2.63. The molecule has 0 saturated carbocycles. The second-order valence-electron chi connectivity index (χ2n) is 8.22. The lowest BCUT2D eigenvalue weighted by molar-refractivity contribution is -0.125. The zero-order valence-corrected chi connectivity index (χ0v) is 16.6. The van der Waals surface area contributed by atoms with Crippen molar-refractivity contribution in [1.82, 2.24) is 15.3 Å². The van der Waals surface area contributed by atoms with Crippen molar-refractivity contribution < 1.29 is 14.3 Å². The van der Waals surface area contributed by atoms with Crippen molar-refractivity contribution in [1.29, 1.82) is 0 Å². The van der Waals surface area contributed by atoms with E-state index in [1.54, 1.807) is 0 Å². The Morgan fingerprint density at radius 3 is 3.07 bits per heavy atom. The number of ether oxygens (including phenoxy) is 2. The molecule has 8 nitrogen and oxygen atoms in total. The predicted molar refractivity (Wildman–Crippen MR) is 102 cm³/mol. The molecular weight excluding hydrogens is 346 g/mol. The van der Waals surface area contributed by atoms with E-state index in [4.69, 9.17) is 14.5 Å². The first-order valence-corrected chi connectivity index (χ1v) is 9.63. The molecule has 3 aliphatic heterocycles. The second-order valence-corrected chi connectivity index (χ2v) is 8.22. The first-order chi connectivity index (χ1) is 12.9. The smallest absolute Gasteiger partial charge is 0.245 e. The average molecular weight is 375 g/mol. The molecule has 0 aromatic carbocycles. The molecule has 1 aromatic heterocycles. The summed E-state index contributed by atoms with van der Waals surface area (Å²) < 4.78 is 11.4. The van der Waals surface area contributed by atoms with Gasteiger partial charge in [0.1, 0.15) is 12.4 Å². The van der Waals surface area contributed by atoms with Crippen LogP contribution in [-0.2, 0) is 14.3 Å². The molecule has 0 unspecified atom stereocenters. The third-order valence-corrected chi connectivity index (χ3v) is 6.23. The van der Waals surface area contributed by atoms with Gasteiger partial charge in [-0.1, -0.05) is 0 Å². The van der Waals surface area contributed by atoms with Crippen molar-refractivity contribution in [3.8, 4) is 0 Å². The zero-order valence-electron chi connectivity index (χ0n) is 16.6. The lowest BCUT2D eigenvalue weighted by atomic mass is 9.73. The lowest BCUT2D eigenvalue weighted by Crippen LogP contribution is -2.42. The number of amides is 1. The maximum Gasteiger partial charge on any atom is 0.245 e. The van der Waals surface area contributed by atoms with Crippen molar-refractivity contribution >= 4 is 17.7 Å². The molecule has 1 amide bonds. The van der Waals surface area contributed by atoms with Crippen LogP contribution in [0.2, 0.25) is 0 Å². The van der Waals surface area contributed by atoms with Crippen LogP contribution in [0.5, 0.6) is 0 Å². The quantitative estimate of drug-likeness (QED) is 0.780. The van der Waals surface area contributed by atoms with E-state index in [-0.39, 0.29) is 24.2 Å². The van der Waals surface area contributed by atoms with E-state index < -0.39 is 0 Å². The van der Waals surface area contributed by atoms with Gasteiger partial charge in [0.25, 0.3) is 0 Å². The summed E-state index contributed by atoms with van der Waals surface area (Å²) in [5.74, 6) is 2.38. The summed E-state index contributed by atoms with van der Waals surface area (Å²) >= 11 is 0. The zero-order chi connectivity index (χ0) is 19.2. The van der Waals surface area contributed by atoms with Gasteiger partial charge >= 0.3 is 0 Å². The summed E-state index contributed by atoms with van der Waals surface area (Å²) in [5, 5.41) is 3.01. The molecule has 3 aliphatic rings. The third-order valence-electron chi connectivity index (χ3n) is 6.23. The number of rotatable bonds is 6. The van der Waals surface area contributed by atoms with E-state index in [0.717, 1.165) is 43.3 Å². The van der Waals surface area contributed by atoms with Gasteiger partial charge in [0.15, 0.2) is 0 Å². The standard InChI is InChI=1S/C19H29N5O3/c1-12-7-21-18(22-17(12)23(2)3)24-9-14-13(8-20-16(25)10-26-4)15-5-6-19(14,11-24)27-15/h7,13-15H,5-6,8-11H2,1-4H3,(H,20,25)/t13-,14+,15+,19+/m0/s1. The molecule has 148 valence electrons. The molecule has 4 atom stereocenters. The molecule has 1 N–H and O–H groups in total. The summed E-state index contributed by atoms with van der Waals surface area (Å²) in [6, 6.07) is 0. The second kappa shape index (κ2) is 6.91. The van der Waals surface area contributed by atoms with E-state index in [2.05, 4.69) is 15.2 Å². The molecule has 3 saturated heterocycles. The number of fused-ring (bicyclic) bond motifs is 1. The van der Waals surface area contributed by atoms with Crippen LogP contribution in [-0.4, -0.2) is 75.0 Å². The largest absolute Gasteiger partial charge is 0.375 e. The molecule has 4 heterocycles. The van der Waals surface area contributed by atoms with Gasteiger partial charge in [-0.25, -0.2) is 4.98 Å². The highest BCUT2D eigenvalue weighted by molar-refractivity contribution is 5.77. The first kappa shape index (κ1) is 18.4. The van der Waals surface area contributed by atoms with Gasteiger partial charge in [-0.2, -0.15) is 4.98 Å². The minimum absolute atomic E-state index is 0.0679. The number of methoxy groups -OCH3 is 1. The maximum atomic E-state index is 11.8. The van der Waals surface area contributed by atoms with Crippen LogP contribution >= 0.6 is 0 Å². The minimum atomic E-state index is -0.117. The monoisotopic (exact) mass is 375 g/mol. The van der Waals surface area contributed by atoms with E-state index in [0.29, 0.717) is 18.4 Å². The lowest BCUT2D eigenvalue weighted by Gasteiger charge is -2.29. The summed E-state index contributed by atoms with van der Waals surface area (Å²) in [6.07, 6.45) is 4.28. The van der Waals surface area contributed by atoms with Gasteiger partial charge in [0.2, 0.25) is 11.9 Å². The summed E-state index contributed by atoms with van der Waals surface area (Å²) in [4.78, 5) is 25.4. The summed E-state index contributed by atoms with van der Waals surface area (Å²) in [7, 11) is 5.54.